The Balaban J connectivity index is 4.24. The summed E-state index contributed by atoms with van der Waals surface area (Å²) in [5, 5.41) is 0. The molecule has 0 spiro atoms. The lowest BCUT2D eigenvalue weighted by molar-refractivity contribution is -0.167. The zero-order valence-electron chi connectivity index (χ0n) is 37.9. The van der Waals surface area contributed by atoms with Gasteiger partial charge in [0.15, 0.2) is 6.10 Å². The van der Waals surface area contributed by atoms with Crippen LogP contribution in [0.5, 0.6) is 0 Å². The van der Waals surface area contributed by atoms with Gasteiger partial charge in [0.1, 0.15) is 13.2 Å². The van der Waals surface area contributed by atoms with Gasteiger partial charge in [-0.2, -0.15) is 0 Å². The molecule has 56 heavy (non-hydrogen) atoms. The molecule has 0 fully saturated rings. The minimum absolute atomic E-state index is 0.0623. The fourth-order valence-electron chi connectivity index (χ4n) is 7.56. The highest BCUT2D eigenvalue weighted by Gasteiger charge is 2.19. The molecule has 0 aliphatic carbocycles. The molecule has 1 unspecified atom stereocenters. The van der Waals surface area contributed by atoms with Gasteiger partial charge >= 0.3 is 17.9 Å². The molecule has 0 aliphatic rings. The molecule has 6 nitrogen and oxygen atoms in total. The van der Waals surface area contributed by atoms with E-state index in [4.69, 9.17) is 14.2 Å². The first-order valence-corrected chi connectivity index (χ1v) is 25.0. The van der Waals surface area contributed by atoms with E-state index < -0.39 is 6.10 Å². The number of rotatable bonds is 46. The zero-order valence-corrected chi connectivity index (χ0v) is 37.9. The van der Waals surface area contributed by atoms with Crippen LogP contribution in [0.1, 0.15) is 284 Å². The molecule has 0 aromatic rings. The molecular formula is C50H96O6. The maximum absolute atomic E-state index is 12.7. The number of esters is 3. The van der Waals surface area contributed by atoms with E-state index in [9.17, 15) is 14.4 Å². The van der Waals surface area contributed by atoms with E-state index in [1.54, 1.807) is 0 Å². The standard InChI is InChI=1S/C50H96O6/c1-4-7-10-13-16-19-21-23-25-27-29-31-34-37-40-43-49(52)55-46-47(45-54-48(51)42-39-36-33-18-15-12-9-6-3)56-50(53)44-41-38-35-32-30-28-26-24-22-20-17-14-11-8-5-2/h47H,4-46H2,1-3H3. The second kappa shape index (κ2) is 46.1. The molecular weight excluding hydrogens is 697 g/mol. The first-order chi connectivity index (χ1) is 27.5. The van der Waals surface area contributed by atoms with Gasteiger partial charge in [-0.05, 0) is 19.3 Å². The average Bonchev–Trinajstić information content (AvgIpc) is 3.19. The monoisotopic (exact) mass is 793 g/mol. The first kappa shape index (κ1) is 54.4. The summed E-state index contributed by atoms with van der Waals surface area (Å²) in [5.74, 6) is -0.848. The molecule has 0 N–H and O–H groups in total. The maximum atomic E-state index is 12.7. The smallest absolute Gasteiger partial charge is 0.306 e. The largest absolute Gasteiger partial charge is 0.462 e. The van der Waals surface area contributed by atoms with Crippen LogP contribution < -0.4 is 0 Å². The highest BCUT2D eigenvalue weighted by Crippen LogP contribution is 2.16. The molecule has 0 heterocycles. The Labute approximate surface area is 348 Å². The lowest BCUT2D eigenvalue weighted by atomic mass is 10.0. The van der Waals surface area contributed by atoms with Crippen molar-refractivity contribution in [1.29, 1.82) is 0 Å². The van der Waals surface area contributed by atoms with Crippen molar-refractivity contribution in [3.05, 3.63) is 0 Å². The van der Waals surface area contributed by atoms with E-state index in [-0.39, 0.29) is 31.1 Å². The molecule has 0 aliphatic heterocycles. The Bertz CT molecular complexity index is 828. The Hall–Kier alpha value is -1.59. The Morgan fingerprint density at radius 1 is 0.286 bits per heavy atom. The molecule has 332 valence electrons. The zero-order chi connectivity index (χ0) is 40.8. The predicted octanol–water partition coefficient (Wildman–Crippen LogP) is 16.0. The van der Waals surface area contributed by atoms with Gasteiger partial charge in [0.25, 0.3) is 0 Å². The third kappa shape index (κ3) is 43.5. The summed E-state index contributed by atoms with van der Waals surface area (Å²) in [6.07, 6.45) is 48.0. The van der Waals surface area contributed by atoms with E-state index in [0.717, 1.165) is 57.8 Å². The van der Waals surface area contributed by atoms with E-state index in [2.05, 4.69) is 20.8 Å². The van der Waals surface area contributed by atoms with Crippen LogP contribution in [0.15, 0.2) is 0 Å². The van der Waals surface area contributed by atoms with Gasteiger partial charge in [-0.15, -0.1) is 0 Å². The lowest BCUT2D eigenvalue weighted by Gasteiger charge is -2.18. The van der Waals surface area contributed by atoms with Crippen molar-refractivity contribution in [2.24, 2.45) is 0 Å². The van der Waals surface area contributed by atoms with E-state index in [1.165, 1.54) is 186 Å². The summed E-state index contributed by atoms with van der Waals surface area (Å²) in [6, 6.07) is 0. The van der Waals surface area contributed by atoms with Crippen molar-refractivity contribution in [2.45, 2.75) is 290 Å². The number of hydrogen-bond donors (Lipinski definition) is 0. The summed E-state index contributed by atoms with van der Waals surface area (Å²) in [4.78, 5) is 37.8. The predicted molar refractivity (Wildman–Crippen MR) is 238 cm³/mol. The fourth-order valence-corrected chi connectivity index (χ4v) is 7.56. The van der Waals surface area contributed by atoms with Gasteiger partial charge in [0.2, 0.25) is 0 Å². The molecule has 0 saturated carbocycles. The molecule has 0 radical (unpaired) electrons. The van der Waals surface area contributed by atoms with Crippen LogP contribution in [0.3, 0.4) is 0 Å². The summed E-state index contributed by atoms with van der Waals surface area (Å²) in [5.41, 5.74) is 0. The number of ether oxygens (including phenoxy) is 3. The molecule has 1 atom stereocenters. The minimum atomic E-state index is -0.758. The highest BCUT2D eigenvalue weighted by molar-refractivity contribution is 5.71. The highest BCUT2D eigenvalue weighted by atomic mass is 16.6. The van der Waals surface area contributed by atoms with Crippen molar-refractivity contribution in [3.63, 3.8) is 0 Å². The average molecular weight is 793 g/mol. The number of carbonyl (C=O) groups is 3. The van der Waals surface area contributed by atoms with Crippen molar-refractivity contribution in [1.82, 2.24) is 0 Å². The summed E-state index contributed by atoms with van der Waals surface area (Å²) >= 11 is 0. The van der Waals surface area contributed by atoms with Crippen molar-refractivity contribution >= 4 is 17.9 Å². The van der Waals surface area contributed by atoms with E-state index in [0.29, 0.717) is 19.3 Å². The van der Waals surface area contributed by atoms with E-state index in [1.807, 2.05) is 0 Å². The Kier molecular flexibility index (Phi) is 44.8. The number of unbranched alkanes of at least 4 members (excludes halogenated alkanes) is 35. The molecule has 0 rings (SSSR count). The van der Waals surface area contributed by atoms with Gasteiger partial charge in [-0.3, -0.25) is 14.4 Å². The number of hydrogen-bond acceptors (Lipinski definition) is 6. The lowest BCUT2D eigenvalue weighted by Crippen LogP contribution is -2.30. The van der Waals surface area contributed by atoms with Crippen molar-refractivity contribution in [3.8, 4) is 0 Å². The SMILES string of the molecule is CCCCCCCCCCCCCCCCCC(=O)OCC(COC(=O)CCCCCCCCCC)OC(=O)CCCCCCCCCCCCCCCCC. The van der Waals surface area contributed by atoms with Gasteiger partial charge in [0, 0.05) is 19.3 Å². The van der Waals surface area contributed by atoms with E-state index >= 15 is 0 Å². The Morgan fingerprint density at radius 3 is 0.714 bits per heavy atom. The first-order valence-electron chi connectivity index (χ1n) is 25.0. The van der Waals surface area contributed by atoms with Crippen LogP contribution in [0.2, 0.25) is 0 Å². The summed E-state index contributed by atoms with van der Waals surface area (Å²) < 4.78 is 16.7. The van der Waals surface area contributed by atoms with Crippen LogP contribution in [-0.4, -0.2) is 37.2 Å². The topological polar surface area (TPSA) is 78.9 Å². The van der Waals surface area contributed by atoms with Crippen LogP contribution in [0, 0.1) is 0 Å². The van der Waals surface area contributed by atoms with Gasteiger partial charge in [0.05, 0.1) is 0 Å². The minimum Gasteiger partial charge on any atom is -0.462 e. The van der Waals surface area contributed by atoms with Crippen LogP contribution in [0.4, 0.5) is 0 Å². The maximum Gasteiger partial charge on any atom is 0.306 e. The molecule has 0 amide bonds. The van der Waals surface area contributed by atoms with Gasteiger partial charge < -0.3 is 14.2 Å². The second-order valence-electron chi connectivity index (χ2n) is 17.1. The molecule has 0 saturated heterocycles. The third-order valence-electron chi connectivity index (χ3n) is 11.4. The molecule has 0 bridgehead atoms. The van der Waals surface area contributed by atoms with Gasteiger partial charge in [-0.25, -0.2) is 0 Å². The van der Waals surface area contributed by atoms with Gasteiger partial charge in [-0.1, -0.05) is 245 Å². The third-order valence-corrected chi connectivity index (χ3v) is 11.4. The fraction of sp³-hybridized carbons (Fsp3) is 0.940. The quantitative estimate of drug-likeness (QED) is 0.0347. The normalized spacial score (nSPS) is 11.8. The molecule has 0 aromatic carbocycles. The van der Waals surface area contributed by atoms with Crippen molar-refractivity contribution < 1.29 is 28.6 Å². The number of carbonyl (C=O) groups excluding carboxylic acids is 3. The second-order valence-corrected chi connectivity index (χ2v) is 17.1. The van der Waals surface area contributed by atoms with Crippen molar-refractivity contribution in [2.75, 3.05) is 13.2 Å². The molecule has 0 aromatic heterocycles. The van der Waals surface area contributed by atoms with Crippen LogP contribution >= 0.6 is 0 Å². The Morgan fingerprint density at radius 2 is 0.482 bits per heavy atom. The summed E-state index contributed by atoms with van der Waals surface area (Å²) in [7, 11) is 0. The van der Waals surface area contributed by atoms with Crippen LogP contribution in [-0.2, 0) is 28.6 Å². The molecule has 6 heteroatoms. The van der Waals surface area contributed by atoms with Crippen LogP contribution in [0.25, 0.3) is 0 Å². The summed E-state index contributed by atoms with van der Waals surface area (Å²) in [6.45, 7) is 6.65.